The van der Waals surface area contributed by atoms with Crippen LogP contribution in [0.15, 0.2) is 0 Å². The smallest absolute Gasteiger partial charge is 0.305 e. The molecule has 0 aromatic carbocycles. The van der Waals surface area contributed by atoms with Crippen molar-refractivity contribution in [1.29, 1.82) is 0 Å². The van der Waals surface area contributed by atoms with Gasteiger partial charge in [0.05, 0.1) is 26.6 Å². The van der Waals surface area contributed by atoms with Gasteiger partial charge in [0.15, 0.2) is 5.12 Å². The number of rotatable bonds is 14. The zero-order chi connectivity index (χ0) is 22.4. The van der Waals surface area contributed by atoms with Crippen LogP contribution in [0.2, 0.25) is 0 Å². The molecule has 10 nitrogen and oxygen atoms in total. The van der Waals surface area contributed by atoms with Crippen molar-refractivity contribution in [3.63, 3.8) is 0 Å². The molecule has 0 radical (unpaired) electrons. The molecule has 0 bridgehead atoms. The lowest BCUT2D eigenvalue weighted by molar-refractivity contribution is -0.142. The SMILES string of the molecule is COC(=O)CCC(=O)CC(=O)SCCNC(=O)CCNC(=O)[C@H](O)C(C)(C)CO. The lowest BCUT2D eigenvalue weighted by Gasteiger charge is -2.27. The van der Waals surface area contributed by atoms with E-state index in [0.717, 1.165) is 11.8 Å². The Bertz CT molecular complexity index is 594. The molecule has 0 fully saturated rings. The second kappa shape index (κ2) is 14.1. The molecule has 0 aromatic heterocycles. The number of methoxy groups -OCH3 is 1. The highest BCUT2D eigenvalue weighted by molar-refractivity contribution is 8.13. The summed E-state index contributed by atoms with van der Waals surface area (Å²) >= 11 is 0.907. The van der Waals surface area contributed by atoms with Crippen LogP contribution in [0.3, 0.4) is 0 Å². The minimum Gasteiger partial charge on any atom is -0.469 e. The Morgan fingerprint density at radius 3 is 2.28 bits per heavy atom. The predicted octanol–water partition coefficient (Wildman–Crippen LogP) is -0.839. The Balaban J connectivity index is 3.89. The summed E-state index contributed by atoms with van der Waals surface area (Å²) in [7, 11) is 1.22. The summed E-state index contributed by atoms with van der Waals surface area (Å²) in [6.45, 7) is 2.93. The van der Waals surface area contributed by atoms with Gasteiger partial charge < -0.3 is 25.6 Å². The summed E-state index contributed by atoms with van der Waals surface area (Å²) < 4.78 is 4.41. The quantitative estimate of drug-likeness (QED) is 0.155. The van der Waals surface area contributed by atoms with E-state index in [1.54, 1.807) is 0 Å². The van der Waals surface area contributed by atoms with E-state index in [2.05, 4.69) is 15.4 Å². The third-order valence-electron chi connectivity index (χ3n) is 3.91. The van der Waals surface area contributed by atoms with Gasteiger partial charge in [-0.1, -0.05) is 25.6 Å². The molecule has 0 rings (SSSR count). The topological polar surface area (TPSA) is 159 Å². The monoisotopic (exact) mass is 434 g/mol. The molecule has 166 valence electrons. The number of hydrogen-bond acceptors (Lipinski definition) is 9. The Hall–Kier alpha value is -1.98. The molecule has 0 heterocycles. The van der Waals surface area contributed by atoms with Gasteiger partial charge in [0.25, 0.3) is 0 Å². The lowest BCUT2D eigenvalue weighted by atomic mass is 9.87. The van der Waals surface area contributed by atoms with E-state index in [9.17, 15) is 29.1 Å². The molecule has 0 saturated heterocycles. The molecule has 1 atom stereocenters. The highest BCUT2D eigenvalue weighted by Crippen LogP contribution is 2.19. The van der Waals surface area contributed by atoms with Crippen LogP contribution in [-0.2, 0) is 28.7 Å². The molecule has 29 heavy (non-hydrogen) atoms. The van der Waals surface area contributed by atoms with E-state index in [1.807, 2.05) is 0 Å². The van der Waals surface area contributed by atoms with Crippen LogP contribution in [0, 0.1) is 5.41 Å². The first kappa shape index (κ1) is 27.0. The van der Waals surface area contributed by atoms with Crippen LogP contribution in [0.1, 0.15) is 39.5 Å². The number of thioether (sulfide) groups is 1. The van der Waals surface area contributed by atoms with E-state index in [4.69, 9.17) is 5.11 Å². The van der Waals surface area contributed by atoms with Crippen molar-refractivity contribution >= 4 is 40.4 Å². The first-order valence-corrected chi connectivity index (χ1v) is 10.1. The molecule has 0 saturated carbocycles. The number of esters is 1. The standard InChI is InChI=1S/C18H30N2O8S/c1-18(2,11-21)16(26)17(27)20-7-6-13(23)19-8-9-29-15(25)10-12(22)4-5-14(24)28-3/h16,21,26H,4-11H2,1-3H3,(H,19,23)(H,20,27)/t16-/m0/s1. The van der Waals surface area contributed by atoms with Gasteiger partial charge in [-0.15, -0.1) is 0 Å². The van der Waals surface area contributed by atoms with Crippen LogP contribution in [0.4, 0.5) is 0 Å². The van der Waals surface area contributed by atoms with Crippen molar-refractivity contribution in [2.24, 2.45) is 5.41 Å². The second-order valence-electron chi connectivity index (χ2n) is 6.95. The molecule has 0 aliphatic carbocycles. The highest BCUT2D eigenvalue weighted by atomic mass is 32.2. The molecule has 11 heteroatoms. The zero-order valence-electron chi connectivity index (χ0n) is 17.0. The molecule has 0 aromatic rings. The summed E-state index contributed by atoms with van der Waals surface area (Å²) in [4.78, 5) is 57.6. The first-order valence-electron chi connectivity index (χ1n) is 9.11. The maximum absolute atomic E-state index is 11.8. The van der Waals surface area contributed by atoms with E-state index < -0.39 is 23.4 Å². The van der Waals surface area contributed by atoms with Crippen LogP contribution < -0.4 is 10.6 Å². The number of aliphatic hydroxyl groups excluding tert-OH is 2. The summed E-state index contributed by atoms with van der Waals surface area (Å²) in [6, 6.07) is 0. The third-order valence-corrected chi connectivity index (χ3v) is 4.79. The number of carbonyl (C=O) groups excluding carboxylic acids is 5. The number of amides is 2. The molecule has 4 N–H and O–H groups in total. The number of aliphatic hydroxyl groups is 2. The fourth-order valence-electron chi connectivity index (χ4n) is 1.92. The molecule has 0 aliphatic heterocycles. The van der Waals surface area contributed by atoms with Crippen molar-refractivity contribution < 1.29 is 38.9 Å². The van der Waals surface area contributed by atoms with Crippen LogP contribution in [0.5, 0.6) is 0 Å². The molecule has 0 spiro atoms. The maximum atomic E-state index is 11.8. The molecular formula is C18H30N2O8S. The largest absolute Gasteiger partial charge is 0.469 e. The average Bonchev–Trinajstić information content (AvgIpc) is 2.68. The number of ketones is 1. The molecule has 0 aliphatic rings. The average molecular weight is 435 g/mol. The minimum absolute atomic E-state index is 0.0113. The molecule has 0 unspecified atom stereocenters. The van der Waals surface area contributed by atoms with Crippen molar-refractivity contribution in [2.45, 2.75) is 45.6 Å². The Labute approximate surface area is 174 Å². The van der Waals surface area contributed by atoms with Crippen molar-refractivity contribution in [3.05, 3.63) is 0 Å². The third kappa shape index (κ3) is 12.2. The zero-order valence-corrected chi connectivity index (χ0v) is 17.8. The fourth-order valence-corrected chi connectivity index (χ4v) is 2.62. The van der Waals surface area contributed by atoms with Gasteiger partial charge in [-0.3, -0.25) is 24.0 Å². The number of nitrogens with one attached hydrogen (secondary N) is 2. The molecular weight excluding hydrogens is 404 g/mol. The summed E-state index contributed by atoms with van der Waals surface area (Å²) in [5.41, 5.74) is -0.989. The summed E-state index contributed by atoms with van der Waals surface area (Å²) in [6.07, 6.45) is -1.80. The van der Waals surface area contributed by atoms with Gasteiger partial charge in [-0.2, -0.15) is 0 Å². The normalized spacial score (nSPS) is 12.0. The number of hydrogen-bond donors (Lipinski definition) is 4. The maximum Gasteiger partial charge on any atom is 0.305 e. The van der Waals surface area contributed by atoms with Gasteiger partial charge in [0.2, 0.25) is 11.8 Å². The first-order chi connectivity index (χ1) is 13.5. The van der Waals surface area contributed by atoms with Gasteiger partial charge in [-0.05, 0) is 0 Å². The number of ether oxygens (including phenoxy) is 1. The van der Waals surface area contributed by atoms with Crippen LogP contribution in [0.25, 0.3) is 0 Å². The van der Waals surface area contributed by atoms with Gasteiger partial charge in [0, 0.05) is 37.1 Å². The Morgan fingerprint density at radius 2 is 1.69 bits per heavy atom. The predicted molar refractivity (Wildman–Crippen MR) is 106 cm³/mol. The summed E-state index contributed by atoms with van der Waals surface area (Å²) in [5.74, 6) is -1.59. The number of carbonyl (C=O) groups is 5. The van der Waals surface area contributed by atoms with Gasteiger partial charge >= 0.3 is 5.97 Å². The van der Waals surface area contributed by atoms with Crippen LogP contribution >= 0.6 is 11.8 Å². The van der Waals surface area contributed by atoms with E-state index in [1.165, 1.54) is 21.0 Å². The fraction of sp³-hybridized carbons (Fsp3) is 0.722. The van der Waals surface area contributed by atoms with Crippen molar-refractivity contribution in [3.8, 4) is 0 Å². The number of Topliss-reactive ketones (excluding diaryl/α,β-unsaturated/α-hetero) is 1. The van der Waals surface area contributed by atoms with Crippen LogP contribution in [-0.4, -0.2) is 77.6 Å². The molecule has 2 amide bonds. The highest BCUT2D eigenvalue weighted by Gasteiger charge is 2.32. The lowest BCUT2D eigenvalue weighted by Crippen LogP contribution is -2.46. The van der Waals surface area contributed by atoms with E-state index in [0.29, 0.717) is 0 Å². The second-order valence-corrected chi connectivity index (χ2v) is 8.10. The van der Waals surface area contributed by atoms with Crippen molar-refractivity contribution in [2.75, 3.05) is 32.6 Å². The summed E-state index contributed by atoms with van der Waals surface area (Å²) in [5, 5.41) is 23.6. The minimum atomic E-state index is -1.40. The van der Waals surface area contributed by atoms with Crippen molar-refractivity contribution in [1.82, 2.24) is 10.6 Å². The Kier molecular flexibility index (Phi) is 13.1. The van der Waals surface area contributed by atoms with E-state index >= 15 is 0 Å². The van der Waals surface area contributed by atoms with Gasteiger partial charge in [0.1, 0.15) is 11.9 Å². The van der Waals surface area contributed by atoms with Gasteiger partial charge in [-0.25, -0.2) is 0 Å². The Morgan fingerprint density at radius 1 is 1.03 bits per heavy atom. The van der Waals surface area contributed by atoms with E-state index in [-0.39, 0.29) is 67.9 Å².